The highest BCUT2D eigenvalue weighted by Crippen LogP contribution is 2.30. The van der Waals surface area contributed by atoms with Crippen LogP contribution in [-0.2, 0) is 10.3 Å². The molecule has 0 bridgehead atoms. The van der Waals surface area contributed by atoms with Crippen molar-refractivity contribution in [1.29, 1.82) is 0 Å². The van der Waals surface area contributed by atoms with Gasteiger partial charge in [-0.2, -0.15) is 0 Å². The lowest BCUT2D eigenvalue weighted by Crippen LogP contribution is -2.41. The number of aryl methyl sites for hydroxylation is 1. The minimum absolute atomic E-state index is 0.0497. The summed E-state index contributed by atoms with van der Waals surface area (Å²) in [5.74, 6) is 0.892. The first-order chi connectivity index (χ1) is 11.0. The number of hydrogen-bond donors (Lipinski definition) is 0. The van der Waals surface area contributed by atoms with Crippen molar-refractivity contribution in [2.24, 2.45) is 0 Å². The minimum atomic E-state index is -0.159. The van der Waals surface area contributed by atoms with Gasteiger partial charge >= 0.3 is 0 Å². The number of morpholine rings is 1. The summed E-state index contributed by atoms with van der Waals surface area (Å²) in [7, 11) is 0. The van der Waals surface area contributed by atoms with Crippen molar-refractivity contribution < 1.29 is 4.74 Å². The van der Waals surface area contributed by atoms with E-state index in [1.165, 1.54) is 11.1 Å². The molecule has 1 aromatic carbocycles. The second-order valence-electron chi connectivity index (χ2n) is 7.08. The van der Waals surface area contributed by atoms with Crippen LogP contribution in [0.3, 0.4) is 0 Å². The molecule has 0 radical (unpaired) electrons. The monoisotopic (exact) mass is 315 g/mol. The first-order valence-electron chi connectivity index (χ1n) is 8.14. The fourth-order valence-corrected chi connectivity index (χ4v) is 2.95. The van der Waals surface area contributed by atoms with Gasteiger partial charge in [-0.1, -0.05) is 29.8 Å². The fourth-order valence-electron chi connectivity index (χ4n) is 2.95. The van der Waals surface area contributed by atoms with E-state index in [4.69, 9.17) is 4.74 Å². The van der Waals surface area contributed by atoms with Crippen molar-refractivity contribution in [2.45, 2.75) is 39.3 Å². The molecule has 0 unspecified atom stereocenters. The third kappa shape index (κ3) is 3.43. The van der Waals surface area contributed by atoms with Gasteiger partial charge in [0.05, 0.1) is 24.8 Å². The highest BCUT2D eigenvalue weighted by atomic mass is 16.5. The second-order valence-corrected chi connectivity index (χ2v) is 7.08. The molecule has 0 spiro atoms. The fraction of sp³-hybridized carbons (Fsp3) is 0.588. The van der Waals surface area contributed by atoms with Crippen LogP contribution in [0.5, 0.6) is 0 Å². The number of aromatic nitrogens is 4. The Balaban J connectivity index is 2.05. The maximum absolute atomic E-state index is 5.52. The molecule has 0 amide bonds. The van der Waals surface area contributed by atoms with Crippen LogP contribution in [0.25, 0.3) is 0 Å². The van der Waals surface area contributed by atoms with Gasteiger partial charge in [0.1, 0.15) is 0 Å². The molecule has 0 saturated carbocycles. The average molecular weight is 315 g/mol. The number of benzene rings is 1. The van der Waals surface area contributed by atoms with E-state index in [2.05, 4.69) is 72.4 Å². The Kier molecular flexibility index (Phi) is 4.46. The molecule has 1 fully saturated rings. The van der Waals surface area contributed by atoms with Gasteiger partial charge in [0, 0.05) is 13.1 Å². The molecule has 1 atom stereocenters. The second kappa shape index (κ2) is 6.37. The Bertz CT molecular complexity index is 638. The normalized spacial score (nSPS) is 18.1. The first-order valence-corrected chi connectivity index (χ1v) is 8.14. The molecule has 6 nitrogen and oxygen atoms in total. The van der Waals surface area contributed by atoms with Crippen molar-refractivity contribution >= 4 is 0 Å². The van der Waals surface area contributed by atoms with E-state index in [9.17, 15) is 0 Å². The number of nitrogens with zero attached hydrogens (tertiary/aromatic N) is 5. The molecule has 0 aliphatic carbocycles. The first kappa shape index (κ1) is 16.1. The summed E-state index contributed by atoms with van der Waals surface area (Å²) in [6.07, 6.45) is 0. The number of rotatable bonds is 3. The molecule has 2 heterocycles. The van der Waals surface area contributed by atoms with Gasteiger partial charge in [0.2, 0.25) is 0 Å². The zero-order chi connectivity index (χ0) is 16.4. The molecule has 3 rings (SSSR count). The molecular formula is C17H25N5O. The van der Waals surface area contributed by atoms with Crippen LogP contribution >= 0.6 is 0 Å². The maximum atomic E-state index is 5.52. The molecule has 1 aliphatic rings. The SMILES string of the molecule is Cc1ccc([C@H](c2nnnn2C(C)(C)C)N2CCOCC2)cc1. The van der Waals surface area contributed by atoms with Crippen LogP contribution < -0.4 is 0 Å². The van der Waals surface area contributed by atoms with Gasteiger partial charge in [-0.3, -0.25) is 4.90 Å². The summed E-state index contributed by atoms with van der Waals surface area (Å²) in [6.45, 7) is 11.7. The summed E-state index contributed by atoms with van der Waals surface area (Å²) in [6, 6.07) is 8.70. The number of tetrazole rings is 1. The Morgan fingerprint density at radius 1 is 1.09 bits per heavy atom. The van der Waals surface area contributed by atoms with Gasteiger partial charge in [0.15, 0.2) is 5.82 Å². The molecular weight excluding hydrogens is 290 g/mol. The summed E-state index contributed by atoms with van der Waals surface area (Å²) >= 11 is 0. The smallest absolute Gasteiger partial charge is 0.173 e. The van der Waals surface area contributed by atoms with Crippen molar-refractivity contribution in [3.63, 3.8) is 0 Å². The van der Waals surface area contributed by atoms with Crippen molar-refractivity contribution in [3.8, 4) is 0 Å². The topological polar surface area (TPSA) is 56.1 Å². The van der Waals surface area contributed by atoms with Gasteiger partial charge < -0.3 is 4.74 Å². The maximum Gasteiger partial charge on any atom is 0.173 e. The Morgan fingerprint density at radius 3 is 2.35 bits per heavy atom. The van der Waals surface area contributed by atoms with Crippen molar-refractivity contribution in [1.82, 2.24) is 25.1 Å². The van der Waals surface area contributed by atoms with Crippen LogP contribution in [-0.4, -0.2) is 51.4 Å². The van der Waals surface area contributed by atoms with Crippen LogP contribution in [0.4, 0.5) is 0 Å². The highest BCUT2D eigenvalue weighted by molar-refractivity contribution is 5.28. The van der Waals surface area contributed by atoms with Gasteiger partial charge in [-0.05, 0) is 43.7 Å². The van der Waals surface area contributed by atoms with Crippen LogP contribution in [0.1, 0.15) is 43.8 Å². The van der Waals surface area contributed by atoms with E-state index >= 15 is 0 Å². The molecule has 1 aliphatic heterocycles. The Labute approximate surface area is 137 Å². The van der Waals surface area contributed by atoms with Gasteiger partial charge in [0.25, 0.3) is 0 Å². The molecule has 0 N–H and O–H groups in total. The summed E-state index contributed by atoms with van der Waals surface area (Å²) < 4.78 is 7.46. The Morgan fingerprint density at radius 2 is 1.74 bits per heavy atom. The molecule has 2 aromatic rings. The summed E-state index contributed by atoms with van der Waals surface area (Å²) in [5.41, 5.74) is 2.32. The predicted octanol–water partition coefficient (Wildman–Crippen LogP) is 2.16. The van der Waals surface area contributed by atoms with E-state index in [-0.39, 0.29) is 11.6 Å². The zero-order valence-corrected chi connectivity index (χ0v) is 14.4. The zero-order valence-electron chi connectivity index (χ0n) is 14.4. The van der Waals surface area contributed by atoms with E-state index in [1.807, 2.05) is 4.68 Å². The minimum Gasteiger partial charge on any atom is -0.379 e. The van der Waals surface area contributed by atoms with E-state index in [0.29, 0.717) is 0 Å². The van der Waals surface area contributed by atoms with Crippen molar-refractivity contribution in [2.75, 3.05) is 26.3 Å². The highest BCUT2D eigenvalue weighted by Gasteiger charge is 2.32. The largest absolute Gasteiger partial charge is 0.379 e. The summed E-state index contributed by atoms with van der Waals surface area (Å²) in [4.78, 5) is 2.40. The lowest BCUT2D eigenvalue weighted by Gasteiger charge is -2.35. The van der Waals surface area contributed by atoms with Gasteiger partial charge in [-0.25, -0.2) is 4.68 Å². The van der Waals surface area contributed by atoms with E-state index in [1.54, 1.807) is 0 Å². The lowest BCUT2D eigenvalue weighted by molar-refractivity contribution is 0.0208. The Hall–Kier alpha value is -1.79. The van der Waals surface area contributed by atoms with Crippen molar-refractivity contribution in [3.05, 3.63) is 41.2 Å². The molecule has 1 saturated heterocycles. The quantitative estimate of drug-likeness (QED) is 0.869. The predicted molar refractivity (Wildman–Crippen MR) is 88.2 cm³/mol. The summed E-state index contributed by atoms with van der Waals surface area (Å²) in [5, 5.41) is 12.6. The molecule has 1 aromatic heterocycles. The number of ether oxygens (including phenoxy) is 1. The molecule has 6 heteroatoms. The van der Waals surface area contributed by atoms with E-state index < -0.39 is 0 Å². The number of hydrogen-bond acceptors (Lipinski definition) is 5. The van der Waals surface area contributed by atoms with E-state index in [0.717, 1.165) is 32.1 Å². The third-order valence-corrected chi connectivity index (χ3v) is 4.18. The molecule has 23 heavy (non-hydrogen) atoms. The average Bonchev–Trinajstić information content (AvgIpc) is 3.00. The van der Waals surface area contributed by atoms with Crippen LogP contribution in [0.2, 0.25) is 0 Å². The van der Waals surface area contributed by atoms with Crippen LogP contribution in [0.15, 0.2) is 24.3 Å². The molecule has 124 valence electrons. The van der Waals surface area contributed by atoms with Gasteiger partial charge in [-0.15, -0.1) is 5.10 Å². The standard InChI is InChI=1S/C17H25N5O/c1-13-5-7-14(8-6-13)15(21-9-11-23-12-10-21)16-18-19-20-22(16)17(2,3)4/h5-8,15H,9-12H2,1-4H3/t15-/m1/s1. The third-order valence-electron chi connectivity index (χ3n) is 4.18. The lowest BCUT2D eigenvalue weighted by atomic mass is 10.0. The van der Waals surface area contributed by atoms with Crippen LogP contribution in [0, 0.1) is 6.92 Å².